The minimum absolute atomic E-state index is 0.0148. The molecule has 1 aromatic rings. The molecule has 0 amide bonds. The van der Waals surface area contributed by atoms with Crippen LogP contribution in [0.25, 0.3) is 0 Å². The van der Waals surface area contributed by atoms with Crippen molar-refractivity contribution in [2.45, 2.75) is 166 Å². The van der Waals surface area contributed by atoms with Crippen LogP contribution < -0.4 is 4.74 Å². The Balaban J connectivity index is 1.18. The minimum Gasteiger partial charge on any atom is -0.497 e. The van der Waals surface area contributed by atoms with Crippen LogP contribution in [0.4, 0.5) is 0 Å². The predicted molar refractivity (Wildman–Crippen MR) is 229 cm³/mol. The van der Waals surface area contributed by atoms with Crippen LogP contribution in [0.2, 0.25) is 0 Å². The van der Waals surface area contributed by atoms with Gasteiger partial charge in [-0.2, -0.15) is 0 Å². The molecule has 16 atom stereocenters. The molecule has 0 aromatic heterocycles. The van der Waals surface area contributed by atoms with Gasteiger partial charge < -0.3 is 52.8 Å². The third-order valence-electron chi connectivity index (χ3n) is 14.2. The molecular formula is C49H68O13. The maximum Gasteiger partial charge on any atom is 0.338 e. The fourth-order valence-corrected chi connectivity index (χ4v) is 10.3. The third-order valence-corrected chi connectivity index (χ3v) is 14.2. The van der Waals surface area contributed by atoms with Gasteiger partial charge in [-0.1, -0.05) is 64.5 Å². The standard InChI is InChI=1S/C49H68O13/c1-10-27(2)43-30(5)20-21-48(62-43)25-37-23-36(61-48)17-14-29(4)42(28(3)12-11-13-34-26-56-45-41(50)31(6)22-38(47(52)58-37)49(34,45)53)59-40-24-39(55-9)44(32(7)57-40)60-46(51)33-15-18-35(54-8)19-16-33/h11-16,18-19,22,27-28,30,32,36-45,50,53H,10,17,20-21,23-26H2,1-9H3/b12-11+,29-14+,34-13+/t27?,28-,30-,32-,36+,37-,38-,39-,40-,41+,42-,43+,44-,45+,48+,49+/m0/s1. The van der Waals surface area contributed by atoms with E-state index >= 15 is 0 Å². The van der Waals surface area contributed by atoms with E-state index < -0.39 is 78.3 Å². The summed E-state index contributed by atoms with van der Waals surface area (Å²) in [5.74, 6) is -2.02. The maximum atomic E-state index is 14.4. The zero-order chi connectivity index (χ0) is 44.5. The van der Waals surface area contributed by atoms with E-state index in [0.29, 0.717) is 66.4 Å². The molecule has 7 rings (SSSR count). The Kier molecular flexibility index (Phi) is 14.6. The van der Waals surface area contributed by atoms with Gasteiger partial charge in [0.25, 0.3) is 0 Å². The predicted octanol–water partition coefficient (Wildman–Crippen LogP) is 6.94. The average Bonchev–Trinajstić information content (AvgIpc) is 3.60. The van der Waals surface area contributed by atoms with E-state index in [1.165, 1.54) is 0 Å². The van der Waals surface area contributed by atoms with Gasteiger partial charge in [-0.3, -0.25) is 4.79 Å². The van der Waals surface area contributed by atoms with Crippen molar-refractivity contribution in [3.05, 3.63) is 76.9 Å². The number of hydrogen-bond acceptors (Lipinski definition) is 13. The zero-order valence-electron chi connectivity index (χ0n) is 37.8. The molecule has 342 valence electrons. The number of allylic oxidation sites excluding steroid dienone is 2. The fourth-order valence-electron chi connectivity index (χ4n) is 10.3. The molecule has 1 unspecified atom stereocenters. The van der Waals surface area contributed by atoms with Crippen LogP contribution >= 0.6 is 0 Å². The lowest BCUT2D eigenvalue weighted by molar-refractivity contribution is -0.340. The molecule has 2 bridgehead atoms. The maximum absolute atomic E-state index is 14.4. The van der Waals surface area contributed by atoms with Crippen LogP contribution in [0.3, 0.4) is 0 Å². The van der Waals surface area contributed by atoms with Crippen LogP contribution in [0.15, 0.2) is 71.4 Å². The summed E-state index contributed by atoms with van der Waals surface area (Å²) in [6, 6.07) is 6.73. The molecule has 0 radical (unpaired) electrons. The van der Waals surface area contributed by atoms with Crippen molar-refractivity contribution in [2.24, 2.45) is 23.7 Å². The average molecular weight is 865 g/mol. The van der Waals surface area contributed by atoms with Gasteiger partial charge in [0.2, 0.25) is 0 Å². The highest BCUT2D eigenvalue weighted by Gasteiger charge is 2.60. The van der Waals surface area contributed by atoms with Crippen molar-refractivity contribution in [3.63, 3.8) is 0 Å². The smallest absolute Gasteiger partial charge is 0.338 e. The van der Waals surface area contributed by atoms with Gasteiger partial charge in [0.15, 0.2) is 18.2 Å². The fraction of sp³-hybridized carbons (Fsp3) is 0.673. The van der Waals surface area contributed by atoms with Crippen molar-refractivity contribution in [2.75, 3.05) is 20.8 Å². The highest BCUT2D eigenvalue weighted by molar-refractivity contribution is 5.89. The number of methoxy groups -OCH3 is 2. The molecule has 13 nitrogen and oxygen atoms in total. The van der Waals surface area contributed by atoms with Gasteiger partial charge in [0.1, 0.15) is 41.7 Å². The Hall–Kier alpha value is -3.40. The SMILES string of the molecule is CCC(C)[C@H]1O[C@]2(CC[C@@H]1C)C[C@@H]1C[C@@H](C/C=C(\C)[C@@H](O[C@H]3C[C@H](OC)[C@@H](OC(=O)c4ccc(OC)cc4)[C@H](C)O3)[C@@H](C)/C=C/C=C3\CO[C@@H]4[C@H](O)C(C)=C[C@@H](C(=O)O1)[C@]34O)O2. The van der Waals surface area contributed by atoms with Crippen LogP contribution in [0.5, 0.6) is 5.75 Å². The summed E-state index contributed by atoms with van der Waals surface area (Å²) >= 11 is 0. The summed E-state index contributed by atoms with van der Waals surface area (Å²) in [6.07, 6.45) is 7.56. The number of esters is 2. The largest absolute Gasteiger partial charge is 0.497 e. The monoisotopic (exact) mass is 864 g/mol. The molecule has 1 aliphatic carbocycles. The number of rotatable bonds is 8. The van der Waals surface area contributed by atoms with Crippen molar-refractivity contribution < 1.29 is 62.4 Å². The van der Waals surface area contributed by atoms with E-state index in [0.717, 1.165) is 18.4 Å². The zero-order valence-corrected chi connectivity index (χ0v) is 37.8. The van der Waals surface area contributed by atoms with E-state index in [2.05, 4.69) is 26.8 Å². The number of ether oxygens (including phenoxy) is 9. The summed E-state index contributed by atoms with van der Waals surface area (Å²) in [6.45, 7) is 14.3. The lowest BCUT2D eigenvalue weighted by atomic mass is 9.71. The highest BCUT2D eigenvalue weighted by atomic mass is 16.7. The van der Waals surface area contributed by atoms with Gasteiger partial charge in [0.05, 0.1) is 43.7 Å². The van der Waals surface area contributed by atoms with Crippen molar-refractivity contribution in [1.82, 2.24) is 0 Å². The molecule has 5 aliphatic heterocycles. The molecule has 13 heteroatoms. The topological polar surface area (TPSA) is 158 Å². The number of hydrogen-bond donors (Lipinski definition) is 2. The Morgan fingerprint density at radius 1 is 1.03 bits per heavy atom. The quantitative estimate of drug-likeness (QED) is 0.205. The first kappa shape index (κ1) is 46.6. The second-order valence-electron chi connectivity index (χ2n) is 18.6. The van der Waals surface area contributed by atoms with Gasteiger partial charge in [-0.05, 0) is 86.4 Å². The number of carbonyl (C=O) groups is 2. The highest BCUT2D eigenvalue weighted by Crippen LogP contribution is 2.48. The molecule has 1 spiro atoms. The molecule has 62 heavy (non-hydrogen) atoms. The van der Waals surface area contributed by atoms with Gasteiger partial charge in [0, 0.05) is 38.7 Å². The Bertz CT molecular complexity index is 1870. The van der Waals surface area contributed by atoms with E-state index in [-0.39, 0.29) is 24.7 Å². The molecular weight excluding hydrogens is 797 g/mol. The van der Waals surface area contributed by atoms with Gasteiger partial charge in [-0.25, -0.2) is 4.79 Å². The molecule has 4 fully saturated rings. The summed E-state index contributed by atoms with van der Waals surface area (Å²) < 4.78 is 56.8. The number of benzene rings is 1. The summed E-state index contributed by atoms with van der Waals surface area (Å²) in [5.41, 5.74) is 0.520. The minimum atomic E-state index is -1.83. The van der Waals surface area contributed by atoms with Crippen LogP contribution in [0.1, 0.15) is 104 Å². The molecule has 1 aromatic carbocycles. The van der Waals surface area contributed by atoms with Gasteiger partial charge >= 0.3 is 11.9 Å². The van der Waals surface area contributed by atoms with E-state index in [4.69, 9.17) is 42.6 Å². The van der Waals surface area contributed by atoms with E-state index in [1.807, 2.05) is 32.9 Å². The number of aliphatic hydroxyl groups is 2. The summed E-state index contributed by atoms with van der Waals surface area (Å²) in [7, 11) is 3.16. The Labute approximate surface area is 366 Å². The second kappa shape index (κ2) is 19.4. The normalized spacial score (nSPS) is 42.9. The van der Waals surface area contributed by atoms with E-state index in [1.54, 1.807) is 57.6 Å². The van der Waals surface area contributed by atoms with Crippen molar-refractivity contribution in [3.8, 4) is 5.75 Å². The Morgan fingerprint density at radius 2 is 1.79 bits per heavy atom. The summed E-state index contributed by atoms with van der Waals surface area (Å²) in [4.78, 5) is 27.6. The lowest BCUT2D eigenvalue weighted by Crippen LogP contribution is -2.58. The van der Waals surface area contributed by atoms with Crippen LogP contribution in [-0.2, 0) is 42.7 Å². The van der Waals surface area contributed by atoms with Crippen LogP contribution in [-0.4, -0.2) is 116 Å². The number of aliphatic hydroxyl groups excluding tert-OH is 1. The first-order chi connectivity index (χ1) is 29.6. The van der Waals surface area contributed by atoms with Crippen molar-refractivity contribution in [1.29, 1.82) is 0 Å². The molecule has 2 N–H and O–H groups in total. The molecule has 4 saturated heterocycles. The molecule has 5 heterocycles. The second-order valence-corrected chi connectivity index (χ2v) is 18.6. The summed E-state index contributed by atoms with van der Waals surface area (Å²) in [5, 5.41) is 23.7. The lowest BCUT2D eigenvalue weighted by Gasteiger charge is -2.51. The molecule has 6 aliphatic rings. The van der Waals surface area contributed by atoms with E-state index in [9.17, 15) is 19.8 Å². The third kappa shape index (κ3) is 9.52. The first-order valence-corrected chi connectivity index (χ1v) is 22.6. The van der Waals surface area contributed by atoms with Crippen LogP contribution in [0, 0.1) is 23.7 Å². The number of carbonyl (C=O) groups excluding carboxylic acids is 2. The molecule has 0 saturated carbocycles. The van der Waals surface area contributed by atoms with Crippen molar-refractivity contribution >= 4 is 11.9 Å². The van der Waals surface area contributed by atoms with Gasteiger partial charge in [-0.15, -0.1) is 0 Å². The first-order valence-electron chi connectivity index (χ1n) is 22.6. The number of fused-ring (bicyclic) bond motifs is 2. The Morgan fingerprint density at radius 3 is 2.50 bits per heavy atom.